The summed E-state index contributed by atoms with van der Waals surface area (Å²) in [6.07, 6.45) is 0. The van der Waals surface area contributed by atoms with E-state index in [0.29, 0.717) is 6.04 Å². The molecular formula is C16H17N3S2. The minimum Gasteiger partial charge on any atom is -0.314 e. The van der Waals surface area contributed by atoms with Gasteiger partial charge in [0, 0.05) is 26.2 Å². The van der Waals surface area contributed by atoms with Crippen molar-refractivity contribution >= 4 is 32.9 Å². The van der Waals surface area contributed by atoms with Gasteiger partial charge in [-0.2, -0.15) is 11.3 Å². The van der Waals surface area contributed by atoms with Crippen LogP contribution in [0.1, 0.15) is 16.6 Å². The zero-order chi connectivity index (χ0) is 14.1. The molecule has 1 atom stereocenters. The zero-order valence-corrected chi connectivity index (χ0v) is 13.3. The first-order chi connectivity index (χ1) is 10.4. The lowest BCUT2D eigenvalue weighted by Gasteiger charge is -2.33. The predicted octanol–water partition coefficient (Wildman–Crippen LogP) is 3.35. The molecule has 1 saturated heterocycles. The van der Waals surface area contributed by atoms with Gasteiger partial charge in [0.2, 0.25) is 0 Å². The van der Waals surface area contributed by atoms with Crippen molar-refractivity contribution in [3.63, 3.8) is 0 Å². The van der Waals surface area contributed by atoms with Gasteiger partial charge in [-0.05, 0) is 34.5 Å². The summed E-state index contributed by atoms with van der Waals surface area (Å²) >= 11 is 3.60. The fraction of sp³-hybridized carbons (Fsp3) is 0.312. The Morgan fingerprint density at radius 3 is 2.76 bits per heavy atom. The minimum atomic E-state index is 0.302. The van der Waals surface area contributed by atoms with Crippen LogP contribution in [-0.4, -0.2) is 36.1 Å². The van der Waals surface area contributed by atoms with E-state index in [1.807, 2.05) is 11.3 Å². The number of aromatic nitrogens is 1. The lowest BCUT2D eigenvalue weighted by molar-refractivity contribution is 0.198. The van der Waals surface area contributed by atoms with Crippen molar-refractivity contribution in [2.24, 2.45) is 0 Å². The maximum absolute atomic E-state index is 4.91. The number of nitrogens with zero attached hydrogens (tertiary/aromatic N) is 2. The zero-order valence-electron chi connectivity index (χ0n) is 11.7. The smallest absolute Gasteiger partial charge is 0.116 e. The van der Waals surface area contributed by atoms with Crippen LogP contribution in [0.3, 0.4) is 0 Å². The van der Waals surface area contributed by atoms with Crippen LogP contribution in [0.2, 0.25) is 0 Å². The fourth-order valence-electron chi connectivity index (χ4n) is 2.89. The third kappa shape index (κ3) is 2.62. The molecule has 0 saturated carbocycles. The lowest BCUT2D eigenvalue weighted by Crippen LogP contribution is -2.45. The van der Waals surface area contributed by atoms with Gasteiger partial charge in [-0.3, -0.25) is 4.90 Å². The molecule has 1 aromatic carbocycles. The SMILES string of the molecule is c1ccc2sc(C(c3ccsc3)N3CCNCC3)nc2c1. The highest BCUT2D eigenvalue weighted by Gasteiger charge is 2.26. The van der Waals surface area contributed by atoms with E-state index in [2.05, 4.69) is 51.3 Å². The van der Waals surface area contributed by atoms with Crippen LogP contribution >= 0.6 is 22.7 Å². The molecule has 0 bridgehead atoms. The number of thiophene rings is 1. The number of fused-ring (bicyclic) bond motifs is 1. The van der Waals surface area contributed by atoms with Gasteiger partial charge in [0.25, 0.3) is 0 Å². The molecule has 0 radical (unpaired) electrons. The van der Waals surface area contributed by atoms with E-state index in [4.69, 9.17) is 4.98 Å². The Morgan fingerprint density at radius 1 is 1.14 bits per heavy atom. The van der Waals surface area contributed by atoms with Crippen molar-refractivity contribution in [2.45, 2.75) is 6.04 Å². The molecule has 21 heavy (non-hydrogen) atoms. The number of hydrogen-bond donors (Lipinski definition) is 1. The number of rotatable bonds is 3. The topological polar surface area (TPSA) is 28.2 Å². The largest absolute Gasteiger partial charge is 0.314 e. The van der Waals surface area contributed by atoms with Gasteiger partial charge in [-0.15, -0.1) is 11.3 Å². The summed E-state index contributed by atoms with van der Waals surface area (Å²) in [4.78, 5) is 7.46. The van der Waals surface area contributed by atoms with Crippen LogP contribution in [0.15, 0.2) is 41.1 Å². The number of hydrogen-bond acceptors (Lipinski definition) is 5. The van der Waals surface area contributed by atoms with Crippen LogP contribution in [-0.2, 0) is 0 Å². The number of thiazole rings is 1. The maximum atomic E-state index is 4.91. The summed E-state index contributed by atoms with van der Waals surface area (Å²) in [7, 11) is 0. The Morgan fingerprint density at radius 2 is 2.00 bits per heavy atom. The molecule has 1 aliphatic rings. The van der Waals surface area contributed by atoms with E-state index in [1.54, 1.807) is 11.3 Å². The Bertz CT molecular complexity index is 681. The minimum absolute atomic E-state index is 0.302. The molecule has 0 spiro atoms. The van der Waals surface area contributed by atoms with Crippen molar-refractivity contribution in [3.8, 4) is 0 Å². The molecular weight excluding hydrogens is 298 g/mol. The summed E-state index contributed by atoms with van der Waals surface area (Å²) in [6.45, 7) is 4.28. The second kappa shape index (κ2) is 5.85. The van der Waals surface area contributed by atoms with Gasteiger partial charge in [0.1, 0.15) is 5.01 Å². The van der Waals surface area contributed by atoms with Gasteiger partial charge < -0.3 is 5.32 Å². The average molecular weight is 315 g/mol. The quantitative estimate of drug-likeness (QED) is 0.803. The Labute approximate surface area is 132 Å². The number of para-hydroxylation sites is 1. The van der Waals surface area contributed by atoms with Crippen molar-refractivity contribution in [3.05, 3.63) is 51.7 Å². The summed E-state index contributed by atoms with van der Waals surface area (Å²) in [5, 5.41) is 9.08. The van der Waals surface area contributed by atoms with E-state index in [0.717, 1.165) is 31.7 Å². The second-order valence-electron chi connectivity index (χ2n) is 5.27. The first kappa shape index (κ1) is 13.4. The van der Waals surface area contributed by atoms with Gasteiger partial charge in [-0.25, -0.2) is 4.98 Å². The molecule has 0 aliphatic carbocycles. The molecule has 1 unspecified atom stereocenters. The van der Waals surface area contributed by atoms with E-state index in [-0.39, 0.29) is 0 Å². The Balaban J connectivity index is 1.77. The molecule has 1 aliphatic heterocycles. The molecule has 108 valence electrons. The van der Waals surface area contributed by atoms with Crippen molar-refractivity contribution in [1.82, 2.24) is 15.2 Å². The average Bonchev–Trinajstić information content (AvgIpc) is 3.18. The van der Waals surface area contributed by atoms with Gasteiger partial charge in [-0.1, -0.05) is 12.1 Å². The number of piperazine rings is 1. The second-order valence-corrected chi connectivity index (χ2v) is 7.11. The van der Waals surface area contributed by atoms with Gasteiger partial charge in [0.05, 0.1) is 16.3 Å². The Kier molecular flexibility index (Phi) is 3.73. The van der Waals surface area contributed by atoms with Crippen LogP contribution < -0.4 is 5.32 Å². The standard InChI is InChI=1S/C16H17N3S2/c1-2-4-14-13(3-1)18-16(21-14)15(12-5-10-20-11-12)19-8-6-17-7-9-19/h1-5,10-11,15,17H,6-9H2. The normalized spacial score (nSPS) is 18.1. The van der Waals surface area contributed by atoms with Gasteiger partial charge >= 0.3 is 0 Å². The maximum Gasteiger partial charge on any atom is 0.116 e. The van der Waals surface area contributed by atoms with Crippen LogP contribution in [0, 0.1) is 0 Å². The fourth-order valence-corrected chi connectivity index (χ4v) is 4.70. The van der Waals surface area contributed by atoms with Crippen LogP contribution in [0.25, 0.3) is 10.2 Å². The molecule has 0 amide bonds. The van der Waals surface area contributed by atoms with Crippen LogP contribution in [0.4, 0.5) is 0 Å². The summed E-state index contributed by atoms with van der Waals surface area (Å²) < 4.78 is 1.28. The highest BCUT2D eigenvalue weighted by Crippen LogP contribution is 2.35. The van der Waals surface area contributed by atoms with Gasteiger partial charge in [0.15, 0.2) is 0 Å². The van der Waals surface area contributed by atoms with Crippen molar-refractivity contribution < 1.29 is 0 Å². The molecule has 2 aromatic heterocycles. The first-order valence-corrected chi connectivity index (χ1v) is 9.00. The van der Waals surface area contributed by atoms with Crippen molar-refractivity contribution in [2.75, 3.05) is 26.2 Å². The molecule has 1 fully saturated rings. The first-order valence-electron chi connectivity index (χ1n) is 7.24. The third-order valence-corrected chi connectivity index (χ3v) is 5.71. The molecule has 5 heteroatoms. The van der Waals surface area contributed by atoms with Crippen LogP contribution in [0.5, 0.6) is 0 Å². The Hall–Kier alpha value is -1.27. The van der Waals surface area contributed by atoms with E-state index < -0.39 is 0 Å². The lowest BCUT2D eigenvalue weighted by atomic mass is 10.1. The molecule has 3 aromatic rings. The molecule has 3 heterocycles. The molecule has 3 nitrogen and oxygen atoms in total. The third-order valence-electron chi connectivity index (χ3n) is 3.92. The molecule has 1 N–H and O–H groups in total. The highest BCUT2D eigenvalue weighted by molar-refractivity contribution is 7.18. The highest BCUT2D eigenvalue weighted by atomic mass is 32.1. The summed E-state index contributed by atoms with van der Waals surface area (Å²) in [5.41, 5.74) is 2.49. The number of nitrogens with one attached hydrogen (secondary N) is 1. The predicted molar refractivity (Wildman–Crippen MR) is 90.2 cm³/mol. The summed E-state index contributed by atoms with van der Waals surface area (Å²) in [6, 6.07) is 11.0. The number of benzene rings is 1. The summed E-state index contributed by atoms with van der Waals surface area (Å²) in [5.74, 6) is 0. The van der Waals surface area contributed by atoms with E-state index in [9.17, 15) is 0 Å². The van der Waals surface area contributed by atoms with Crippen molar-refractivity contribution in [1.29, 1.82) is 0 Å². The van der Waals surface area contributed by atoms with E-state index in [1.165, 1.54) is 15.3 Å². The molecule has 4 rings (SSSR count). The van der Waals surface area contributed by atoms with E-state index >= 15 is 0 Å². The monoisotopic (exact) mass is 315 g/mol.